The molecule has 0 N–H and O–H groups in total. The lowest BCUT2D eigenvalue weighted by molar-refractivity contribution is 0.0334. The highest BCUT2D eigenvalue weighted by Crippen LogP contribution is 2.18. The predicted octanol–water partition coefficient (Wildman–Crippen LogP) is 0.250. The number of fused-ring (bicyclic) bond motifs is 1. The first-order chi connectivity index (χ1) is 11.8. The van der Waals surface area contributed by atoms with E-state index in [1.54, 1.807) is 0 Å². The van der Waals surface area contributed by atoms with Gasteiger partial charge in [-0.05, 0) is 6.42 Å². The zero-order valence-electron chi connectivity index (χ0n) is 14.3. The molecule has 0 bridgehead atoms. The molecular weight excluding hydrogens is 306 g/mol. The molecule has 8 nitrogen and oxygen atoms in total. The maximum atomic E-state index is 5.44. The van der Waals surface area contributed by atoms with E-state index in [1.165, 1.54) is 11.4 Å². The van der Waals surface area contributed by atoms with E-state index in [-0.39, 0.29) is 0 Å². The van der Waals surface area contributed by atoms with Crippen LogP contribution in [0.15, 0.2) is 12.5 Å². The fourth-order valence-corrected chi connectivity index (χ4v) is 3.45. The third-order valence-corrected chi connectivity index (χ3v) is 4.91. The number of nitrogens with zero attached hydrogens (tertiary/aromatic N) is 7. The molecule has 0 aliphatic carbocycles. The molecular formula is C16H25N7O. The number of hydrogen-bond acceptors (Lipinski definition) is 6. The van der Waals surface area contributed by atoms with Crippen LogP contribution in [0.25, 0.3) is 0 Å². The van der Waals surface area contributed by atoms with Gasteiger partial charge < -0.3 is 9.30 Å². The zero-order valence-corrected chi connectivity index (χ0v) is 14.3. The van der Waals surface area contributed by atoms with Crippen molar-refractivity contribution in [1.82, 2.24) is 34.3 Å². The van der Waals surface area contributed by atoms with Gasteiger partial charge in [0.2, 0.25) is 0 Å². The summed E-state index contributed by atoms with van der Waals surface area (Å²) in [6.07, 6.45) is 4.92. The Hall–Kier alpha value is -1.77. The molecule has 0 amide bonds. The van der Waals surface area contributed by atoms with E-state index < -0.39 is 0 Å². The third-order valence-electron chi connectivity index (χ3n) is 4.91. The molecule has 0 saturated carbocycles. The van der Waals surface area contributed by atoms with Crippen molar-refractivity contribution >= 4 is 0 Å². The molecule has 130 valence electrons. The fraction of sp³-hybridized carbons (Fsp3) is 0.688. The number of morpholine rings is 1. The van der Waals surface area contributed by atoms with Crippen molar-refractivity contribution in [3.05, 3.63) is 29.6 Å². The van der Waals surface area contributed by atoms with Crippen LogP contribution in [-0.2, 0) is 38.0 Å². The molecule has 0 spiro atoms. The molecule has 4 rings (SSSR count). The van der Waals surface area contributed by atoms with Crippen LogP contribution >= 0.6 is 0 Å². The van der Waals surface area contributed by atoms with Gasteiger partial charge in [0.15, 0.2) is 0 Å². The van der Waals surface area contributed by atoms with Crippen molar-refractivity contribution < 1.29 is 4.74 Å². The Bertz CT molecular complexity index is 674. The SMILES string of the molecule is Cn1cncc1CN1CCCn2nnc(CN3CCOCC3)c2C1. The van der Waals surface area contributed by atoms with Crippen molar-refractivity contribution in [2.24, 2.45) is 7.05 Å². The number of hydrogen-bond donors (Lipinski definition) is 0. The number of aryl methyl sites for hydroxylation is 2. The number of imidazole rings is 1. The van der Waals surface area contributed by atoms with Gasteiger partial charge in [0.25, 0.3) is 0 Å². The maximum absolute atomic E-state index is 5.44. The Kier molecular flexibility index (Phi) is 4.59. The van der Waals surface area contributed by atoms with Crippen LogP contribution in [-0.4, -0.2) is 67.2 Å². The second kappa shape index (κ2) is 7.00. The largest absolute Gasteiger partial charge is 0.379 e. The third kappa shape index (κ3) is 3.35. The first kappa shape index (κ1) is 15.7. The van der Waals surface area contributed by atoms with Gasteiger partial charge in [-0.1, -0.05) is 5.21 Å². The smallest absolute Gasteiger partial charge is 0.101 e. The second-order valence-corrected chi connectivity index (χ2v) is 6.65. The first-order valence-electron chi connectivity index (χ1n) is 8.68. The van der Waals surface area contributed by atoms with E-state index in [4.69, 9.17) is 4.74 Å². The van der Waals surface area contributed by atoms with E-state index in [0.717, 1.165) is 71.1 Å². The van der Waals surface area contributed by atoms with Crippen LogP contribution in [0.5, 0.6) is 0 Å². The van der Waals surface area contributed by atoms with E-state index in [1.807, 2.05) is 12.5 Å². The van der Waals surface area contributed by atoms with Gasteiger partial charge in [-0.25, -0.2) is 9.67 Å². The molecule has 0 radical (unpaired) electrons. The van der Waals surface area contributed by atoms with Crippen LogP contribution in [0.1, 0.15) is 23.5 Å². The monoisotopic (exact) mass is 331 g/mol. The summed E-state index contributed by atoms with van der Waals surface area (Å²) in [4.78, 5) is 9.11. The van der Waals surface area contributed by atoms with Crippen molar-refractivity contribution in [3.63, 3.8) is 0 Å². The molecule has 2 aliphatic heterocycles. The van der Waals surface area contributed by atoms with Crippen molar-refractivity contribution in [2.45, 2.75) is 32.6 Å². The highest BCUT2D eigenvalue weighted by Gasteiger charge is 2.22. The maximum Gasteiger partial charge on any atom is 0.101 e. The summed E-state index contributed by atoms with van der Waals surface area (Å²) in [6, 6.07) is 0. The van der Waals surface area contributed by atoms with E-state index in [2.05, 4.69) is 41.4 Å². The van der Waals surface area contributed by atoms with Gasteiger partial charge >= 0.3 is 0 Å². The molecule has 0 atom stereocenters. The minimum atomic E-state index is 0.816. The Morgan fingerprint density at radius 3 is 2.75 bits per heavy atom. The second-order valence-electron chi connectivity index (χ2n) is 6.65. The average Bonchev–Trinajstić information content (AvgIpc) is 3.09. The normalized spacial score (nSPS) is 20.0. The van der Waals surface area contributed by atoms with Gasteiger partial charge in [-0.2, -0.15) is 0 Å². The molecule has 24 heavy (non-hydrogen) atoms. The predicted molar refractivity (Wildman–Crippen MR) is 88.1 cm³/mol. The molecule has 1 fully saturated rings. The van der Waals surface area contributed by atoms with Gasteiger partial charge in [0, 0.05) is 59.1 Å². The van der Waals surface area contributed by atoms with E-state index in [0.29, 0.717) is 0 Å². The zero-order chi connectivity index (χ0) is 16.4. The Balaban J connectivity index is 1.48. The van der Waals surface area contributed by atoms with Gasteiger partial charge in [0.05, 0.1) is 30.9 Å². The lowest BCUT2D eigenvalue weighted by atomic mass is 10.2. The van der Waals surface area contributed by atoms with Gasteiger partial charge in [0.1, 0.15) is 5.69 Å². The Labute approximate surface area is 142 Å². The number of ether oxygens (including phenoxy) is 1. The van der Waals surface area contributed by atoms with Crippen molar-refractivity contribution in [3.8, 4) is 0 Å². The standard InChI is InChI=1S/C16H25N7O/c1-20-13-17-9-14(20)10-22-3-2-4-23-16(12-22)15(18-19-23)11-21-5-7-24-8-6-21/h9,13H,2-8,10-12H2,1H3. The molecule has 2 aromatic heterocycles. The number of aromatic nitrogens is 5. The quantitative estimate of drug-likeness (QED) is 0.800. The summed E-state index contributed by atoms with van der Waals surface area (Å²) in [5.41, 5.74) is 3.63. The van der Waals surface area contributed by atoms with Crippen LogP contribution in [0, 0.1) is 0 Å². The highest BCUT2D eigenvalue weighted by atomic mass is 16.5. The summed E-state index contributed by atoms with van der Waals surface area (Å²) in [5.74, 6) is 0. The summed E-state index contributed by atoms with van der Waals surface area (Å²) in [7, 11) is 2.05. The van der Waals surface area contributed by atoms with Crippen LogP contribution in [0.2, 0.25) is 0 Å². The lowest BCUT2D eigenvalue weighted by Crippen LogP contribution is -2.36. The van der Waals surface area contributed by atoms with Crippen LogP contribution in [0.3, 0.4) is 0 Å². The molecule has 2 aromatic rings. The highest BCUT2D eigenvalue weighted by molar-refractivity contribution is 5.12. The van der Waals surface area contributed by atoms with Gasteiger partial charge in [-0.3, -0.25) is 9.80 Å². The van der Waals surface area contributed by atoms with E-state index >= 15 is 0 Å². The van der Waals surface area contributed by atoms with Crippen LogP contribution < -0.4 is 0 Å². The lowest BCUT2D eigenvalue weighted by Gasteiger charge is -2.26. The number of rotatable bonds is 4. The van der Waals surface area contributed by atoms with Gasteiger partial charge in [-0.15, -0.1) is 5.10 Å². The van der Waals surface area contributed by atoms with Crippen molar-refractivity contribution in [1.29, 1.82) is 0 Å². The summed E-state index contributed by atoms with van der Waals surface area (Å²) in [6.45, 7) is 8.30. The molecule has 8 heteroatoms. The van der Waals surface area contributed by atoms with E-state index in [9.17, 15) is 0 Å². The molecule has 4 heterocycles. The molecule has 2 aliphatic rings. The molecule has 0 aromatic carbocycles. The first-order valence-corrected chi connectivity index (χ1v) is 8.68. The summed E-state index contributed by atoms with van der Waals surface area (Å²) in [5, 5.41) is 8.86. The Morgan fingerprint density at radius 2 is 1.96 bits per heavy atom. The summed E-state index contributed by atoms with van der Waals surface area (Å²) < 4.78 is 9.63. The topological polar surface area (TPSA) is 64.2 Å². The minimum absolute atomic E-state index is 0.816. The molecule has 1 saturated heterocycles. The van der Waals surface area contributed by atoms with Crippen LogP contribution in [0.4, 0.5) is 0 Å². The fourth-order valence-electron chi connectivity index (χ4n) is 3.45. The average molecular weight is 331 g/mol. The summed E-state index contributed by atoms with van der Waals surface area (Å²) >= 11 is 0. The van der Waals surface area contributed by atoms with Crippen molar-refractivity contribution in [2.75, 3.05) is 32.8 Å². The Morgan fingerprint density at radius 1 is 1.08 bits per heavy atom. The minimum Gasteiger partial charge on any atom is -0.379 e. The molecule has 0 unspecified atom stereocenters.